The van der Waals surface area contributed by atoms with Crippen LogP contribution in [0.2, 0.25) is 0 Å². The van der Waals surface area contributed by atoms with Gasteiger partial charge in [0.25, 0.3) is 0 Å². The second-order valence-electron chi connectivity index (χ2n) is 6.32. The monoisotopic (exact) mass is 385 g/mol. The van der Waals surface area contributed by atoms with Gasteiger partial charge in [-0.1, -0.05) is 31.9 Å². The number of nitrogens with zero attached hydrogens (tertiary/aromatic N) is 1. The molecule has 2 aromatic carbocycles. The molecule has 1 nitrogen and oxygen atoms in total. The highest BCUT2D eigenvalue weighted by Gasteiger charge is 2.20. The number of thiophene rings is 1. The van der Waals surface area contributed by atoms with E-state index in [-0.39, 0.29) is 5.56 Å². The van der Waals surface area contributed by atoms with Gasteiger partial charge in [0, 0.05) is 20.9 Å². The third-order valence-corrected chi connectivity index (χ3v) is 5.66. The molecule has 0 aliphatic heterocycles. The summed E-state index contributed by atoms with van der Waals surface area (Å²) in [6.45, 7) is 2.12. The summed E-state index contributed by atoms with van der Waals surface area (Å²) >= 11 is 1.52. The Labute approximate surface area is 160 Å². The van der Waals surface area contributed by atoms with Gasteiger partial charge in [0.15, 0.2) is 17.5 Å². The van der Waals surface area contributed by atoms with E-state index in [9.17, 15) is 13.2 Å². The van der Waals surface area contributed by atoms with E-state index in [4.69, 9.17) is 5.26 Å². The summed E-state index contributed by atoms with van der Waals surface area (Å²) in [6, 6.07) is 13.1. The SMILES string of the molecule is CCCCCc1cc(-c2ccc(F)c(F)c2F)c(-c2ccc(C#N)cc2)s1. The first kappa shape index (κ1) is 19.2. The van der Waals surface area contributed by atoms with Crippen LogP contribution < -0.4 is 0 Å². The predicted molar refractivity (Wildman–Crippen MR) is 103 cm³/mol. The number of rotatable bonds is 6. The minimum Gasteiger partial charge on any atom is -0.204 e. The van der Waals surface area contributed by atoms with Gasteiger partial charge in [0.05, 0.1) is 11.6 Å². The zero-order chi connectivity index (χ0) is 19.4. The number of benzene rings is 2. The summed E-state index contributed by atoms with van der Waals surface area (Å²) < 4.78 is 41.6. The van der Waals surface area contributed by atoms with E-state index in [1.807, 2.05) is 6.07 Å². The molecule has 3 aromatic rings. The maximum atomic E-state index is 14.4. The summed E-state index contributed by atoms with van der Waals surface area (Å²) in [5.41, 5.74) is 1.94. The zero-order valence-corrected chi connectivity index (χ0v) is 15.7. The molecular formula is C22H18F3NS. The van der Waals surface area contributed by atoms with Crippen LogP contribution >= 0.6 is 11.3 Å². The van der Waals surface area contributed by atoms with Gasteiger partial charge in [-0.3, -0.25) is 0 Å². The van der Waals surface area contributed by atoms with Crippen LogP contribution in [0.25, 0.3) is 21.6 Å². The number of unbranched alkanes of at least 4 members (excludes halogenated alkanes) is 2. The molecule has 1 aromatic heterocycles. The maximum absolute atomic E-state index is 14.4. The summed E-state index contributed by atoms with van der Waals surface area (Å²) in [4.78, 5) is 1.86. The Balaban J connectivity index is 2.10. The summed E-state index contributed by atoms with van der Waals surface area (Å²) in [5.74, 6) is -3.84. The molecule has 0 radical (unpaired) electrons. The third kappa shape index (κ3) is 4.06. The van der Waals surface area contributed by atoms with Crippen molar-refractivity contribution >= 4 is 11.3 Å². The van der Waals surface area contributed by atoms with Crippen molar-refractivity contribution < 1.29 is 13.2 Å². The van der Waals surface area contributed by atoms with Crippen LogP contribution in [0.1, 0.15) is 36.6 Å². The lowest BCUT2D eigenvalue weighted by atomic mass is 10.0. The molecule has 1 heterocycles. The molecule has 0 unspecified atom stereocenters. The molecule has 0 amide bonds. The van der Waals surface area contributed by atoms with Crippen molar-refractivity contribution in [1.29, 1.82) is 5.26 Å². The molecule has 0 saturated heterocycles. The molecule has 0 saturated carbocycles. The molecule has 5 heteroatoms. The lowest BCUT2D eigenvalue weighted by Gasteiger charge is -2.07. The largest absolute Gasteiger partial charge is 0.204 e. The summed E-state index contributed by atoms with van der Waals surface area (Å²) in [6.07, 6.45) is 4.06. The molecule has 27 heavy (non-hydrogen) atoms. The van der Waals surface area contributed by atoms with Crippen LogP contribution in [0.5, 0.6) is 0 Å². The van der Waals surface area contributed by atoms with E-state index in [2.05, 4.69) is 13.0 Å². The van der Waals surface area contributed by atoms with Crippen LogP contribution in [0.15, 0.2) is 42.5 Å². The van der Waals surface area contributed by atoms with Gasteiger partial charge in [-0.05, 0) is 48.7 Å². The Bertz CT molecular complexity index is 984. The molecular weight excluding hydrogens is 367 g/mol. The molecule has 0 aliphatic carbocycles. The lowest BCUT2D eigenvalue weighted by molar-refractivity contribution is 0.449. The normalized spacial score (nSPS) is 10.8. The molecule has 0 atom stereocenters. The van der Waals surface area contributed by atoms with Gasteiger partial charge >= 0.3 is 0 Å². The third-order valence-electron chi connectivity index (χ3n) is 4.41. The van der Waals surface area contributed by atoms with Crippen LogP contribution in [0.3, 0.4) is 0 Å². The van der Waals surface area contributed by atoms with Crippen LogP contribution in [0, 0.1) is 28.8 Å². The second kappa shape index (κ2) is 8.41. The number of nitriles is 1. The minimum absolute atomic E-state index is 0.0475. The van der Waals surface area contributed by atoms with E-state index in [0.717, 1.165) is 47.1 Å². The van der Waals surface area contributed by atoms with Crippen molar-refractivity contribution in [2.24, 2.45) is 0 Å². The topological polar surface area (TPSA) is 23.8 Å². The fraction of sp³-hybridized carbons (Fsp3) is 0.227. The van der Waals surface area contributed by atoms with E-state index >= 15 is 0 Å². The summed E-state index contributed by atoms with van der Waals surface area (Å²) in [7, 11) is 0. The number of halogens is 3. The number of aryl methyl sites for hydroxylation is 1. The number of hydrogen-bond donors (Lipinski definition) is 0. The highest BCUT2D eigenvalue weighted by molar-refractivity contribution is 7.16. The van der Waals surface area contributed by atoms with Gasteiger partial charge in [0.2, 0.25) is 0 Å². The molecule has 0 spiro atoms. The standard InChI is InChI=1S/C22H18F3NS/c1-2-3-4-5-16-12-18(17-10-11-19(23)21(25)20(17)24)22(27-16)15-8-6-14(13-26)7-9-15/h6-12H,2-5H2,1H3. The molecule has 138 valence electrons. The minimum atomic E-state index is -1.46. The van der Waals surface area contributed by atoms with Gasteiger partial charge in [0.1, 0.15) is 0 Å². The van der Waals surface area contributed by atoms with E-state index < -0.39 is 17.5 Å². The van der Waals surface area contributed by atoms with Crippen LogP contribution in [0.4, 0.5) is 13.2 Å². The smallest absolute Gasteiger partial charge is 0.195 e. The van der Waals surface area contributed by atoms with Crippen molar-refractivity contribution in [2.45, 2.75) is 32.6 Å². The van der Waals surface area contributed by atoms with E-state index in [1.165, 1.54) is 17.4 Å². The van der Waals surface area contributed by atoms with Gasteiger partial charge in [-0.25, -0.2) is 13.2 Å². The lowest BCUT2D eigenvalue weighted by Crippen LogP contribution is -1.94. The average Bonchev–Trinajstić information content (AvgIpc) is 3.10. The first-order valence-corrected chi connectivity index (χ1v) is 9.64. The maximum Gasteiger partial charge on any atom is 0.195 e. The Morgan fingerprint density at radius 3 is 2.33 bits per heavy atom. The number of hydrogen-bond acceptors (Lipinski definition) is 2. The Morgan fingerprint density at radius 2 is 1.67 bits per heavy atom. The molecule has 3 rings (SSSR count). The average molecular weight is 385 g/mol. The van der Waals surface area contributed by atoms with Crippen LogP contribution in [-0.4, -0.2) is 0 Å². The second-order valence-corrected chi connectivity index (χ2v) is 7.46. The van der Waals surface area contributed by atoms with Gasteiger partial charge in [-0.15, -0.1) is 11.3 Å². The molecule has 0 fully saturated rings. The zero-order valence-electron chi connectivity index (χ0n) is 14.9. The molecule has 0 aliphatic rings. The highest BCUT2D eigenvalue weighted by atomic mass is 32.1. The van der Waals surface area contributed by atoms with Crippen molar-refractivity contribution in [3.8, 4) is 27.6 Å². The van der Waals surface area contributed by atoms with Gasteiger partial charge < -0.3 is 0 Å². The summed E-state index contributed by atoms with van der Waals surface area (Å²) in [5, 5.41) is 8.97. The van der Waals surface area contributed by atoms with Crippen molar-refractivity contribution in [1.82, 2.24) is 0 Å². The first-order valence-electron chi connectivity index (χ1n) is 8.82. The Morgan fingerprint density at radius 1 is 0.926 bits per heavy atom. The van der Waals surface area contributed by atoms with E-state index in [1.54, 1.807) is 24.3 Å². The Kier molecular flexibility index (Phi) is 5.98. The van der Waals surface area contributed by atoms with Crippen molar-refractivity contribution in [3.05, 3.63) is 70.4 Å². The molecule has 0 N–H and O–H groups in total. The molecule has 0 bridgehead atoms. The first-order chi connectivity index (χ1) is 13.0. The Hall–Kier alpha value is -2.58. The highest BCUT2D eigenvalue weighted by Crippen LogP contribution is 2.41. The fourth-order valence-corrected chi connectivity index (χ4v) is 4.18. The predicted octanol–water partition coefficient (Wildman–Crippen LogP) is 7.10. The van der Waals surface area contributed by atoms with Crippen LogP contribution in [-0.2, 0) is 6.42 Å². The van der Waals surface area contributed by atoms with E-state index in [0.29, 0.717) is 11.1 Å². The van der Waals surface area contributed by atoms with Gasteiger partial charge in [-0.2, -0.15) is 5.26 Å². The van der Waals surface area contributed by atoms with Crippen molar-refractivity contribution in [2.75, 3.05) is 0 Å². The fourth-order valence-electron chi connectivity index (χ4n) is 2.96. The quantitative estimate of drug-likeness (QED) is 0.328. The van der Waals surface area contributed by atoms with Crippen molar-refractivity contribution in [3.63, 3.8) is 0 Å².